The number of halogens is 1. The Morgan fingerprint density at radius 3 is 2.72 bits per heavy atom. The number of anilines is 3. The maximum atomic E-state index is 14.8. The van der Waals surface area contributed by atoms with Crippen molar-refractivity contribution in [1.29, 1.82) is 0 Å². The summed E-state index contributed by atoms with van der Waals surface area (Å²) < 4.78 is 26.2. The van der Waals surface area contributed by atoms with Gasteiger partial charge in [-0.2, -0.15) is 0 Å². The molecule has 36 heavy (non-hydrogen) atoms. The van der Waals surface area contributed by atoms with Gasteiger partial charge in [-0.1, -0.05) is 12.8 Å². The average Bonchev–Trinajstić information content (AvgIpc) is 3.39. The molecule has 1 aliphatic carbocycles. The third-order valence-corrected chi connectivity index (χ3v) is 6.75. The molecule has 1 aromatic carbocycles. The molecule has 0 radical (unpaired) electrons. The Bertz CT molecular complexity index is 1250. The molecule has 2 aliphatic rings. The molecule has 3 aromatic rings. The maximum Gasteiger partial charge on any atom is 0.252 e. The lowest BCUT2D eigenvalue weighted by Crippen LogP contribution is -2.43. The zero-order valence-corrected chi connectivity index (χ0v) is 20.0. The first-order valence-electron chi connectivity index (χ1n) is 12.4. The fraction of sp³-hybridized carbons (Fsp3) is 0.423. The molecular weight excluding hydrogens is 463 g/mol. The summed E-state index contributed by atoms with van der Waals surface area (Å²) in [7, 11) is 0. The van der Waals surface area contributed by atoms with Gasteiger partial charge in [0.15, 0.2) is 11.6 Å². The largest absolute Gasteiger partial charge is 0.475 e. The number of nitrogens with one attached hydrogen (secondary N) is 2. The number of benzene rings is 1. The van der Waals surface area contributed by atoms with Crippen LogP contribution in [0.2, 0.25) is 0 Å². The summed E-state index contributed by atoms with van der Waals surface area (Å²) in [5, 5.41) is 7.10. The normalized spacial score (nSPS) is 21.9. The van der Waals surface area contributed by atoms with E-state index >= 15 is 0 Å². The van der Waals surface area contributed by atoms with Crippen molar-refractivity contribution in [3.05, 3.63) is 47.8 Å². The molecule has 190 valence electrons. The second-order valence-corrected chi connectivity index (χ2v) is 9.41. The number of ether oxygens (including phenoxy) is 2. The third-order valence-electron chi connectivity index (χ3n) is 6.75. The smallest absolute Gasteiger partial charge is 0.252 e. The Labute approximate surface area is 208 Å². The molecule has 1 amide bonds. The van der Waals surface area contributed by atoms with Gasteiger partial charge in [0.1, 0.15) is 12.4 Å². The van der Waals surface area contributed by atoms with Crippen LogP contribution >= 0.6 is 0 Å². The Morgan fingerprint density at radius 2 is 1.94 bits per heavy atom. The zero-order chi connectivity index (χ0) is 25.1. The molecule has 0 spiro atoms. The molecule has 5 rings (SSSR count). The van der Waals surface area contributed by atoms with Crippen molar-refractivity contribution in [2.24, 2.45) is 11.5 Å². The highest BCUT2D eigenvalue weighted by atomic mass is 19.1. The van der Waals surface area contributed by atoms with Gasteiger partial charge in [-0.25, -0.2) is 14.4 Å². The predicted molar refractivity (Wildman–Crippen MR) is 136 cm³/mol. The molecule has 1 aliphatic heterocycles. The molecule has 3 unspecified atom stereocenters. The third kappa shape index (κ3) is 5.50. The van der Waals surface area contributed by atoms with Gasteiger partial charge in [0.25, 0.3) is 5.91 Å². The standard InChI is InChI=1S/C26H31FN6O3/c27-19-13-18(24(29)34)25(33-26(19)32-22-6-2-1-5-20(22)28)30-16-8-9-21-15(12-16)7-10-23(31-21)36-14-17-4-3-11-35-17/h7-10,12-13,17,20,22H,1-6,11,14,28H2,(H2,29,34)(H2,30,32,33). The Kier molecular flexibility index (Phi) is 7.15. The van der Waals surface area contributed by atoms with Crippen LogP contribution in [-0.4, -0.2) is 47.3 Å². The van der Waals surface area contributed by atoms with Crippen LogP contribution in [0.15, 0.2) is 36.4 Å². The molecule has 10 heteroatoms. The van der Waals surface area contributed by atoms with E-state index in [1.165, 1.54) is 0 Å². The molecular formula is C26H31FN6O3. The van der Waals surface area contributed by atoms with Crippen LogP contribution in [0.1, 0.15) is 48.9 Å². The zero-order valence-electron chi connectivity index (χ0n) is 20.0. The number of pyridine rings is 2. The number of carbonyl (C=O) groups excluding carboxylic acids is 1. The average molecular weight is 495 g/mol. The Balaban J connectivity index is 1.35. The fourth-order valence-corrected chi connectivity index (χ4v) is 4.74. The molecule has 3 atom stereocenters. The van der Waals surface area contributed by atoms with Crippen molar-refractivity contribution in [2.75, 3.05) is 23.8 Å². The van der Waals surface area contributed by atoms with E-state index in [-0.39, 0.29) is 35.4 Å². The number of nitrogens with zero attached hydrogens (tertiary/aromatic N) is 2. The van der Waals surface area contributed by atoms with E-state index in [1.807, 2.05) is 24.3 Å². The fourth-order valence-electron chi connectivity index (χ4n) is 4.74. The van der Waals surface area contributed by atoms with E-state index in [0.717, 1.165) is 62.1 Å². The summed E-state index contributed by atoms with van der Waals surface area (Å²) in [5.41, 5.74) is 13.1. The highest BCUT2D eigenvalue weighted by Gasteiger charge is 2.24. The number of hydrogen-bond acceptors (Lipinski definition) is 8. The predicted octanol–water partition coefficient (Wildman–Crippen LogP) is 3.85. The van der Waals surface area contributed by atoms with Gasteiger partial charge in [0, 0.05) is 35.8 Å². The van der Waals surface area contributed by atoms with Crippen LogP contribution in [-0.2, 0) is 4.74 Å². The molecule has 9 nitrogen and oxygen atoms in total. The number of aromatic nitrogens is 2. The summed E-state index contributed by atoms with van der Waals surface area (Å²) >= 11 is 0. The monoisotopic (exact) mass is 494 g/mol. The number of fused-ring (bicyclic) bond motifs is 1. The minimum absolute atomic E-state index is 0.0397. The Hall–Kier alpha value is -3.50. The van der Waals surface area contributed by atoms with E-state index in [9.17, 15) is 9.18 Å². The van der Waals surface area contributed by atoms with Gasteiger partial charge in [0.2, 0.25) is 5.88 Å². The lowest BCUT2D eigenvalue weighted by Gasteiger charge is -2.30. The summed E-state index contributed by atoms with van der Waals surface area (Å²) in [6, 6.07) is 10.2. The highest BCUT2D eigenvalue weighted by Crippen LogP contribution is 2.28. The van der Waals surface area contributed by atoms with E-state index in [1.54, 1.807) is 6.07 Å². The lowest BCUT2D eigenvalue weighted by molar-refractivity contribution is 0.0664. The van der Waals surface area contributed by atoms with Gasteiger partial charge < -0.3 is 31.6 Å². The van der Waals surface area contributed by atoms with Gasteiger partial charge in [-0.3, -0.25) is 4.79 Å². The summed E-state index contributed by atoms with van der Waals surface area (Å²) in [4.78, 5) is 21.0. The van der Waals surface area contributed by atoms with Crippen molar-refractivity contribution < 1.29 is 18.7 Å². The summed E-state index contributed by atoms with van der Waals surface area (Å²) in [6.45, 7) is 1.26. The first-order chi connectivity index (χ1) is 17.5. The molecule has 2 aromatic heterocycles. The molecule has 3 heterocycles. The molecule has 0 bridgehead atoms. The SMILES string of the molecule is NC(=O)c1cc(F)c(NC2CCCCC2N)nc1Nc1ccc2nc(OCC3CCCO3)ccc2c1. The van der Waals surface area contributed by atoms with Crippen LogP contribution in [0.3, 0.4) is 0 Å². The van der Waals surface area contributed by atoms with E-state index in [4.69, 9.17) is 20.9 Å². The van der Waals surface area contributed by atoms with Crippen molar-refractivity contribution >= 4 is 34.1 Å². The van der Waals surface area contributed by atoms with Gasteiger partial charge >= 0.3 is 0 Å². The first kappa shape index (κ1) is 24.2. The first-order valence-corrected chi connectivity index (χ1v) is 12.4. The van der Waals surface area contributed by atoms with E-state index in [2.05, 4.69) is 20.6 Å². The van der Waals surface area contributed by atoms with Crippen molar-refractivity contribution in [2.45, 2.75) is 56.7 Å². The van der Waals surface area contributed by atoms with Gasteiger partial charge in [-0.05, 0) is 56.0 Å². The van der Waals surface area contributed by atoms with Crippen LogP contribution in [0.4, 0.5) is 21.7 Å². The minimum atomic E-state index is -0.777. The van der Waals surface area contributed by atoms with Crippen molar-refractivity contribution in [3.8, 4) is 5.88 Å². The topological polar surface area (TPSA) is 137 Å². The summed E-state index contributed by atoms with van der Waals surface area (Å²) in [6.07, 6.45) is 5.95. The second kappa shape index (κ2) is 10.6. The lowest BCUT2D eigenvalue weighted by atomic mass is 9.91. The van der Waals surface area contributed by atoms with E-state index < -0.39 is 11.7 Å². The van der Waals surface area contributed by atoms with Gasteiger partial charge in [-0.15, -0.1) is 0 Å². The van der Waals surface area contributed by atoms with Crippen LogP contribution in [0.25, 0.3) is 10.9 Å². The number of amides is 1. The van der Waals surface area contributed by atoms with Crippen LogP contribution in [0.5, 0.6) is 5.88 Å². The number of nitrogens with two attached hydrogens (primary N) is 2. The number of primary amides is 1. The summed E-state index contributed by atoms with van der Waals surface area (Å²) in [5.74, 6) is -0.683. The molecule has 1 saturated heterocycles. The molecule has 2 fully saturated rings. The number of rotatable bonds is 8. The highest BCUT2D eigenvalue weighted by molar-refractivity contribution is 5.99. The molecule has 1 saturated carbocycles. The quantitative estimate of drug-likeness (QED) is 0.371. The van der Waals surface area contributed by atoms with Crippen molar-refractivity contribution in [3.63, 3.8) is 0 Å². The van der Waals surface area contributed by atoms with Crippen molar-refractivity contribution in [1.82, 2.24) is 9.97 Å². The van der Waals surface area contributed by atoms with Gasteiger partial charge in [0.05, 0.1) is 17.2 Å². The molecule has 6 N–H and O–H groups in total. The Morgan fingerprint density at radius 1 is 1.08 bits per heavy atom. The number of hydrogen-bond donors (Lipinski definition) is 4. The number of carbonyl (C=O) groups is 1. The van der Waals surface area contributed by atoms with Crippen LogP contribution < -0.4 is 26.8 Å². The minimum Gasteiger partial charge on any atom is -0.475 e. The van der Waals surface area contributed by atoms with Crippen LogP contribution in [0, 0.1) is 5.82 Å². The maximum absolute atomic E-state index is 14.8. The second-order valence-electron chi connectivity index (χ2n) is 9.41. The van der Waals surface area contributed by atoms with E-state index in [0.29, 0.717) is 18.2 Å².